The lowest BCUT2D eigenvalue weighted by atomic mass is 10.0. The normalized spacial score (nSPS) is 15.2. The van der Waals surface area contributed by atoms with Crippen LogP contribution < -0.4 is 9.64 Å². The van der Waals surface area contributed by atoms with E-state index in [4.69, 9.17) is 4.74 Å². The van der Waals surface area contributed by atoms with Gasteiger partial charge in [0, 0.05) is 12.0 Å². The van der Waals surface area contributed by atoms with Gasteiger partial charge in [-0.05, 0) is 18.6 Å². The molecule has 0 saturated heterocycles. The van der Waals surface area contributed by atoms with Crippen LogP contribution in [0.2, 0.25) is 0 Å². The summed E-state index contributed by atoms with van der Waals surface area (Å²) in [5.74, 6) is -0.853. The molecule has 1 aliphatic heterocycles. The van der Waals surface area contributed by atoms with E-state index in [1.807, 2.05) is 13.8 Å². The van der Waals surface area contributed by atoms with Crippen LogP contribution in [-0.2, 0) is 9.59 Å². The Labute approximate surface area is 117 Å². The molecule has 20 heavy (non-hydrogen) atoms. The monoisotopic (exact) mass is 275 g/mol. The number of carbonyl (C=O) groups excluding carboxylic acids is 3. The third-order valence-corrected chi connectivity index (χ3v) is 3.66. The Kier molecular flexibility index (Phi) is 3.88. The Morgan fingerprint density at radius 3 is 2.65 bits per heavy atom. The van der Waals surface area contributed by atoms with Crippen molar-refractivity contribution in [1.29, 1.82) is 0 Å². The Bertz CT molecular complexity index is 579. The molecule has 0 radical (unpaired) electrons. The van der Waals surface area contributed by atoms with Gasteiger partial charge in [0.2, 0.25) is 0 Å². The summed E-state index contributed by atoms with van der Waals surface area (Å²) in [6.07, 6.45) is 0.708. The number of hydrogen-bond donors (Lipinski definition) is 0. The molecule has 1 atom stereocenters. The molecule has 106 valence electrons. The van der Waals surface area contributed by atoms with Crippen LogP contribution >= 0.6 is 0 Å². The van der Waals surface area contributed by atoms with E-state index in [1.165, 1.54) is 12.0 Å². The van der Waals surface area contributed by atoms with Crippen molar-refractivity contribution in [2.24, 2.45) is 5.92 Å². The average Bonchev–Trinajstić information content (AvgIpc) is 2.70. The van der Waals surface area contributed by atoms with Gasteiger partial charge in [0.1, 0.15) is 5.75 Å². The molecule has 0 spiro atoms. The van der Waals surface area contributed by atoms with E-state index in [0.29, 0.717) is 23.4 Å². The van der Waals surface area contributed by atoms with Gasteiger partial charge < -0.3 is 4.74 Å². The van der Waals surface area contributed by atoms with Crippen molar-refractivity contribution < 1.29 is 19.1 Å². The highest BCUT2D eigenvalue weighted by molar-refractivity contribution is 6.52. The number of carbonyl (C=O) groups is 3. The smallest absolute Gasteiger partial charge is 0.299 e. The van der Waals surface area contributed by atoms with Gasteiger partial charge in [0.05, 0.1) is 24.9 Å². The third kappa shape index (κ3) is 2.31. The van der Waals surface area contributed by atoms with Gasteiger partial charge in [-0.25, -0.2) is 0 Å². The minimum absolute atomic E-state index is 0.0516. The molecule has 0 bridgehead atoms. The van der Waals surface area contributed by atoms with Gasteiger partial charge in [0.25, 0.3) is 11.7 Å². The minimum atomic E-state index is -0.648. The summed E-state index contributed by atoms with van der Waals surface area (Å²) in [5, 5.41) is 0. The molecule has 0 aliphatic carbocycles. The standard InChI is InChI=1S/C15H17NO4/c1-4-9(2)13(17)8-16-12-7-10(20-3)5-6-11(12)14(18)15(16)19/h5-7,9H,4,8H2,1-3H3. The molecule has 5 heteroatoms. The number of amides is 1. The third-order valence-electron chi connectivity index (χ3n) is 3.66. The molecule has 1 heterocycles. The number of fused-ring (bicyclic) bond motifs is 1. The number of methoxy groups -OCH3 is 1. The van der Waals surface area contributed by atoms with E-state index < -0.39 is 11.7 Å². The molecular weight excluding hydrogens is 258 g/mol. The molecule has 1 unspecified atom stereocenters. The van der Waals surface area contributed by atoms with Crippen molar-refractivity contribution in [3.05, 3.63) is 23.8 Å². The van der Waals surface area contributed by atoms with E-state index in [1.54, 1.807) is 18.2 Å². The summed E-state index contributed by atoms with van der Waals surface area (Å²) in [6.45, 7) is 3.66. The van der Waals surface area contributed by atoms with Gasteiger partial charge in [-0.3, -0.25) is 19.3 Å². The Morgan fingerprint density at radius 1 is 1.35 bits per heavy atom. The Morgan fingerprint density at radius 2 is 2.05 bits per heavy atom. The van der Waals surface area contributed by atoms with E-state index in [-0.39, 0.29) is 18.2 Å². The number of benzene rings is 1. The van der Waals surface area contributed by atoms with Crippen LogP contribution in [0.3, 0.4) is 0 Å². The quantitative estimate of drug-likeness (QED) is 0.769. The first kappa shape index (κ1) is 14.2. The highest BCUT2D eigenvalue weighted by atomic mass is 16.5. The summed E-state index contributed by atoms with van der Waals surface area (Å²) in [6, 6.07) is 4.80. The maximum atomic E-state index is 12.0. The zero-order valence-corrected chi connectivity index (χ0v) is 11.8. The zero-order chi connectivity index (χ0) is 14.9. The van der Waals surface area contributed by atoms with Crippen LogP contribution in [-0.4, -0.2) is 31.1 Å². The first-order chi connectivity index (χ1) is 9.49. The predicted molar refractivity (Wildman–Crippen MR) is 74.1 cm³/mol. The van der Waals surface area contributed by atoms with Crippen LogP contribution in [0.4, 0.5) is 5.69 Å². The number of ether oxygens (including phenoxy) is 1. The van der Waals surface area contributed by atoms with Crippen molar-refractivity contribution in [1.82, 2.24) is 0 Å². The lowest BCUT2D eigenvalue weighted by molar-refractivity contribution is -0.123. The first-order valence-corrected chi connectivity index (χ1v) is 6.56. The molecule has 1 aromatic carbocycles. The molecule has 0 N–H and O–H groups in total. The number of nitrogens with zero attached hydrogens (tertiary/aromatic N) is 1. The first-order valence-electron chi connectivity index (χ1n) is 6.56. The van der Waals surface area contributed by atoms with E-state index in [2.05, 4.69) is 0 Å². The molecule has 0 fully saturated rings. The number of hydrogen-bond acceptors (Lipinski definition) is 4. The van der Waals surface area contributed by atoms with Crippen molar-refractivity contribution in [3.63, 3.8) is 0 Å². The average molecular weight is 275 g/mol. The molecule has 0 aromatic heterocycles. The van der Waals surface area contributed by atoms with Crippen molar-refractivity contribution in [2.75, 3.05) is 18.6 Å². The van der Waals surface area contributed by atoms with Crippen molar-refractivity contribution >= 4 is 23.2 Å². The van der Waals surface area contributed by atoms with Gasteiger partial charge >= 0.3 is 0 Å². The highest BCUT2D eigenvalue weighted by Crippen LogP contribution is 2.32. The molecule has 0 saturated carbocycles. The SMILES string of the molecule is CCC(C)C(=O)CN1C(=O)C(=O)c2ccc(OC)cc21. The lowest BCUT2D eigenvalue weighted by Gasteiger charge is -2.18. The zero-order valence-electron chi connectivity index (χ0n) is 11.8. The number of Topliss-reactive ketones (excluding diaryl/α,β-unsaturated/α-hetero) is 2. The molecule has 5 nitrogen and oxygen atoms in total. The molecule has 1 aromatic rings. The Hall–Kier alpha value is -2.17. The predicted octanol–water partition coefficient (Wildman–Crippen LogP) is 1.84. The fourth-order valence-electron chi connectivity index (χ4n) is 2.10. The van der Waals surface area contributed by atoms with Gasteiger partial charge in [-0.2, -0.15) is 0 Å². The van der Waals surface area contributed by atoms with Crippen LogP contribution in [0, 0.1) is 5.92 Å². The van der Waals surface area contributed by atoms with Gasteiger partial charge in [-0.1, -0.05) is 13.8 Å². The van der Waals surface area contributed by atoms with Crippen LogP contribution in [0.5, 0.6) is 5.75 Å². The second kappa shape index (κ2) is 5.45. The largest absolute Gasteiger partial charge is 0.497 e. The van der Waals surface area contributed by atoms with Crippen molar-refractivity contribution in [3.8, 4) is 5.75 Å². The fraction of sp³-hybridized carbons (Fsp3) is 0.400. The summed E-state index contributed by atoms with van der Waals surface area (Å²) < 4.78 is 5.10. The summed E-state index contributed by atoms with van der Waals surface area (Å²) >= 11 is 0. The summed E-state index contributed by atoms with van der Waals surface area (Å²) in [7, 11) is 1.51. The molecule has 2 rings (SSSR count). The maximum Gasteiger partial charge on any atom is 0.299 e. The molecule has 1 amide bonds. The molecule has 1 aliphatic rings. The molecular formula is C15H17NO4. The van der Waals surface area contributed by atoms with Crippen molar-refractivity contribution in [2.45, 2.75) is 20.3 Å². The van der Waals surface area contributed by atoms with Crippen LogP contribution in [0.1, 0.15) is 30.6 Å². The van der Waals surface area contributed by atoms with Crippen LogP contribution in [0.25, 0.3) is 0 Å². The summed E-state index contributed by atoms with van der Waals surface area (Å²) in [5.41, 5.74) is 0.781. The number of rotatable bonds is 5. The fourth-order valence-corrected chi connectivity index (χ4v) is 2.10. The van der Waals surface area contributed by atoms with Gasteiger partial charge in [-0.15, -0.1) is 0 Å². The summed E-state index contributed by atoms with van der Waals surface area (Å²) in [4.78, 5) is 37.1. The topological polar surface area (TPSA) is 63.7 Å². The second-order valence-electron chi connectivity index (χ2n) is 4.88. The maximum absolute atomic E-state index is 12.0. The van der Waals surface area contributed by atoms with E-state index >= 15 is 0 Å². The minimum Gasteiger partial charge on any atom is -0.497 e. The highest BCUT2D eigenvalue weighted by Gasteiger charge is 2.37. The van der Waals surface area contributed by atoms with Gasteiger partial charge in [0.15, 0.2) is 5.78 Å². The van der Waals surface area contributed by atoms with Crippen LogP contribution in [0.15, 0.2) is 18.2 Å². The second-order valence-corrected chi connectivity index (χ2v) is 4.88. The Balaban J connectivity index is 2.34. The van der Waals surface area contributed by atoms with E-state index in [0.717, 1.165) is 0 Å². The number of ketones is 2. The lowest BCUT2D eigenvalue weighted by Crippen LogP contribution is -2.36. The number of anilines is 1. The van der Waals surface area contributed by atoms with E-state index in [9.17, 15) is 14.4 Å².